The Balaban J connectivity index is 1.33. The molecule has 6 nitrogen and oxygen atoms in total. The normalized spacial score (nSPS) is 12.1. The number of aromatic nitrogens is 5. The van der Waals surface area contributed by atoms with Crippen molar-refractivity contribution in [3.8, 4) is 22.6 Å². The van der Waals surface area contributed by atoms with Crippen LogP contribution >= 0.6 is 0 Å². The zero-order valence-electron chi connectivity index (χ0n) is 23.2. The molecule has 0 spiro atoms. The van der Waals surface area contributed by atoms with Gasteiger partial charge in [0.1, 0.15) is 11.5 Å². The number of H-pyrrole nitrogens is 2. The molecule has 0 aliphatic rings. The highest BCUT2D eigenvalue weighted by Gasteiger charge is 2.14. The Kier molecular flexibility index (Phi) is 7.30. The van der Waals surface area contributed by atoms with Gasteiger partial charge in [-0.05, 0) is 54.5 Å². The van der Waals surface area contributed by atoms with Crippen molar-refractivity contribution < 1.29 is 4.39 Å². The molecule has 6 aromatic rings. The van der Waals surface area contributed by atoms with E-state index < -0.39 is 0 Å². The minimum atomic E-state index is -0.304. The van der Waals surface area contributed by atoms with Gasteiger partial charge in [0.25, 0.3) is 0 Å². The fourth-order valence-corrected chi connectivity index (χ4v) is 5.01. The smallest absolute Gasteiger partial charge is 0.123 e. The van der Waals surface area contributed by atoms with Crippen LogP contribution in [0.2, 0.25) is 0 Å². The van der Waals surface area contributed by atoms with Gasteiger partial charge in [-0.1, -0.05) is 61.7 Å². The molecule has 6 rings (SSSR count). The highest BCUT2D eigenvalue weighted by Crippen LogP contribution is 2.30. The van der Waals surface area contributed by atoms with Crippen LogP contribution in [0.3, 0.4) is 0 Å². The molecule has 0 aliphatic heterocycles. The summed E-state index contributed by atoms with van der Waals surface area (Å²) >= 11 is 0. The number of hydrogen-bond acceptors (Lipinski definition) is 4. The molecule has 0 aliphatic carbocycles. The molecule has 0 saturated carbocycles. The average Bonchev–Trinajstić information content (AvgIpc) is 3.61. The second-order valence-electron chi connectivity index (χ2n) is 10.0. The summed E-state index contributed by atoms with van der Waals surface area (Å²) in [4.78, 5) is 12.4. The van der Waals surface area contributed by atoms with Crippen molar-refractivity contribution in [1.82, 2.24) is 25.1 Å². The minimum absolute atomic E-state index is 0.304. The zero-order valence-corrected chi connectivity index (χ0v) is 23.2. The van der Waals surface area contributed by atoms with E-state index in [9.17, 15) is 4.39 Å². The summed E-state index contributed by atoms with van der Waals surface area (Å²) in [5.41, 5.74) is 8.39. The van der Waals surface area contributed by atoms with Crippen LogP contribution in [-0.2, 0) is 6.42 Å². The predicted octanol–water partition coefficient (Wildman–Crippen LogP) is 6.62. The first kappa shape index (κ1) is 26.7. The van der Waals surface area contributed by atoms with Crippen LogP contribution in [0.15, 0.2) is 110 Å². The number of hydrogen-bond donors (Lipinski definition) is 3. The Morgan fingerprint density at radius 1 is 0.976 bits per heavy atom. The van der Waals surface area contributed by atoms with Gasteiger partial charge in [-0.15, -0.1) is 0 Å². The molecule has 7 heteroatoms. The minimum Gasteiger partial charge on any atom is -0.358 e. The predicted molar refractivity (Wildman–Crippen MR) is 169 cm³/mol. The zero-order chi connectivity index (χ0) is 29.1. The van der Waals surface area contributed by atoms with Gasteiger partial charge in [-0.2, -0.15) is 5.10 Å². The van der Waals surface area contributed by atoms with Crippen molar-refractivity contribution in [3.63, 3.8) is 0 Å². The van der Waals surface area contributed by atoms with Crippen LogP contribution in [0.1, 0.15) is 18.1 Å². The molecule has 0 bridgehead atoms. The molecule has 42 heavy (non-hydrogen) atoms. The van der Waals surface area contributed by atoms with Crippen LogP contribution in [0.25, 0.3) is 51.3 Å². The first-order valence-corrected chi connectivity index (χ1v) is 13.6. The fraction of sp³-hybridized carbons (Fsp3) is 0.0571. The van der Waals surface area contributed by atoms with E-state index in [4.69, 9.17) is 0 Å². The van der Waals surface area contributed by atoms with E-state index in [2.05, 4.69) is 55.8 Å². The molecular weight excluding hydrogens is 523 g/mol. The molecule has 4 heterocycles. The Morgan fingerprint density at radius 3 is 2.64 bits per heavy atom. The van der Waals surface area contributed by atoms with E-state index in [0.717, 1.165) is 55.4 Å². The number of pyridine rings is 2. The van der Waals surface area contributed by atoms with Gasteiger partial charge < -0.3 is 10.3 Å². The number of allylic oxidation sites excluding steroid dienone is 2. The first-order valence-electron chi connectivity index (χ1n) is 13.6. The fourth-order valence-electron chi connectivity index (χ4n) is 5.01. The Hall–Kier alpha value is -5.56. The SMILES string of the molecule is C=C(Cc1ccccc1)Nc1cncc(C(=C)/C=c2/c(-c3cc4c(-c5cccc(F)c5)nccc4[nH]3)n[nH]/c2=C/C)c1. The second kappa shape index (κ2) is 11.5. The molecule has 0 radical (unpaired) electrons. The maximum atomic E-state index is 14.0. The van der Waals surface area contributed by atoms with Crippen molar-refractivity contribution in [2.45, 2.75) is 13.3 Å². The molecule has 0 fully saturated rings. The summed E-state index contributed by atoms with van der Waals surface area (Å²) in [6.07, 6.45) is 9.98. The molecule has 3 N–H and O–H groups in total. The van der Waals surface area contributed by atoms with Gasteiger partial charge in [0.15, 0.2) is 0 Å². The summed E-state index contributed by atoms with van der Waals surface area (Å²) in [6.45, 7) is 10.5. The topological polar surface area (TPSA) is 82.3 Å². The van der Waals surface area contributed by atoms with Gasteiger partial charge >= 0.3 is 0 Å². The molecule has 0 amide bonds. The standard InChI is InChI=1S/C35H29FN6/c1-4-31-29(15-22(2)26-18-28(21-37-20-26)39-23(3)16-24-9-6-5-7-10-24)35(42-41-31)33-19-30-32(40-33)13-14-38-34(30)25-11-8-12-27(36)17-25/h4-15,17-21,39-41H,2-3,16H2,1H3/b29-15+,31-4+. The molecule has 0 saturated heterocycles. The maximum Gasteiger partial charge on any atom is 0.123 e. The Bertz CT molecular complexity index is 2050. The Labute approximate surface area is 242 Å². The van der Waals surface area contributed by atoms with Crippen molar-refractivity contribution in [1.29, 1.82) is 0 Å². The lowest BCUT2D eigenvalue weighted by Gasteiger charge is -2.11. The van der Waals surface area contributed by atoms with Crippen LogP contribution in [0.4, 0.5) is 10.1 Å². The summed E-state index contributed by atoms with van der Waals surface area (Å²) in [6, 6.07) is 22.6. The number of nitrogens with one attached hydrogen (secondary N) is 3. The van der Waals surface area contributed by atoms with Gasteiger partial charge in [-0.25, -0.2) is 4.39 Å². The highest BCUT2D eigenvalue weighted by molar-refractivity contribution is 5.96. The Morgan fingerprint density at radius 2 is 1.83 bits per heavy atom. The summed E-state index contributed by atoms with van der Waals surface area (Å²) in [5.74, 6) is -0.304. The number of fused-ring (bicyclic) bond motifs is 1. The van der Waals surface area contributed by atoms with Crippen molar-refractivity contribution in [2.24, 2.45) is 0 Å². The molecule has 206 valence electrons. The second-order valence-corrected chi connectivity index (χ2v) is 10.0. The van der Waals surface area contributed by atoms with E-state index in [1.54, 1.807) is 24.7 Å². The molecular formula is C35H29FN6. The summed E-state index contributed by atoms with van der Waals surface area (Å²) in [5, 5.41) is 13.8. The molecule has 0 unspecified atom stereocenters. The lowest BCUT2D eigenvalue weighted by Crippen LogP contribution is -2.23. The number of nitrogens with zero attached hydrogens (tertiary/aromatic N) is 3. The molecule has 0 atom stereocenters. The third-order valence-corrected chi connectivity index (χ3v) is 7.03. The monoisotopic (exact) mass is 552 g/mol. The van der Waals surface area contributed by atoms with Gasteiger partial charge in [0.05, 0.1) is 28.6 Å². The number of benzene rings is 2. The van der Waals surface area contributed by atoms with Gasteiger partial charge in [-0.3, -0.25) is 15.1 Å². The summed E-state index contributed by atoms with van der Waals surface area (Å²) in [7, 11) is 0. The van der Waals surface area contributed by atoms with Crippen LogP contribution < -0.4 is 15.9 Å². The number of aromatic amines is 2. The van der Waals surface area contributed by atoms with E-state index in [-0.39, 0.29) is 5.82 Å². The molecule has 2 aromatic carbocycles. The van der Waals surface area contributed by atoms with Gasteiger partial charge in [0.2, 0.25) is 0 Å². The quantitative estimate of drug-likeness (QED) is 0.198. The lowest BCUT2D eigenvalue weighted by atomic mass is 10.1. The van der Waals surface area contributed by atoms with E-state index >= 15 is 0 Å². The van der Waals surface area contributed by atoms with Gasteiger partial charge in [0, 0.05) is 51.8 Å². The van der Waals surface area contributed by atoms with Crippen molar-refractivity contribution in [2.75, 3.05) is 5.32 Å². The van der Waals surface area contributed by atoms with Crippen LogP contribution in [0.5, 0.6) is 0 Å². The first-order chi connectivity index (χ1) is 20.5. The largest absolute Gasteiger partial charge is 0.358 e. The summed E-state index contributed by atoms with van der Waals surface area (Å²) < 4.78 is 14.0. The van der Waals surface area contributed by atoms with Crippen molar-refractivity contribution in [3.05, 3.63) is 138 Å². The number of halogens is 1. The highest BCUT2D eigenvalue weighted by atomic mass is 19.1. The third-order valence-electron chi connectivity index (χ3n) is 7.03. The van der Waals surface area contributed by atoms with E-state index in [0.29, 0.717) is 17.7 Å². The average molecular weight is 553 g/mol. The van der Waals surface area contributed by atoms with Crippen molar-refractivity contribution >= 4 is 34.3 Å². The van der Waals surface area contributed by atoms with Crippen LogP contribution in [-0.4, -0.2) is 25.1 Å². The van der Waals surface area contributed by atoms with E-state index in [1.807, 2.05) is 61.5 Å². The number of rotatable bonds is 8. The third kappa shape index (κ3) is 5.53. The number of anilines is 1. The molecule has 4 aromatic heterocycles. The van der Waals surface area contributed by atoms with Crippen LogP contribution in [0, 0.1) is 5.82 Å². The maximum absolute atomic E-state index is 14.0. The van der Waals surface area contributed by atoms with E-state index in [1.165, 1.54) is 17.7 Å². The lowest BCUT2D eigenvalue weighted by molar-refractivity contribution is 0.628.